The van der Waals surface area contributed by atoms with Gasteiger partial charge < -0.3 is 24.6 Å². The van der Waals surface area contributed by atoms with Gasteiger partial charge in [-0.25, -0.2) is 0 Å². The van der Waals surface area contributed by atoms with Crippen LogP contribution in [0.1, 0.15) is 12.7 Å². The molecule has 0 saturated heterocycles. The second-order valence-corrected chi connectivity index (χ2v) is 4.74. The molecule has 0 saturated carbocycles. The van der Waals surface area contributed by atoms with Crippen molar-refractivity contribution >= 4 is 17.4 Å². The van der Waals surface area contributed by atoms with Gasteiger partial charge in [-0.1, -0.05) is 5.16 Å². The Hall–Kier alpha value is -2.70. The smallest absolute Gasteiger partial charge is 0.247 e. The molecule has 0 bridgehead atoms. The molecule has 1 heterocycles. The maximum atomic E-state index is 12.1. The van der Waals surface area contributed by atoms with Gasteiger partial charge in [0.05, 0.1) is 19.9 Å². The SMILES string of the molecule is COc1ccc(NC(C)C(=O)Nc2cc(C)on2)c(OC)c1. The molecule has 2 N–H and O–H groups in total. The zero-order valence-corrected chi connectivity index (χ0v) is 13.0. The van der Waals surface area contributed by atoms with Crippen LogP contribution in [0.3, 0.4) is 0 Å². The molecule has 2 aromatic rings. The summed E-state index contributed by atoms with van der Waals surface area (Å²) in [5.41, 5.74) is 0.697. The van der Waals surface area contributed by atoms with Crippen LogP contribution in [0.25, 0.3) is 0 Å². The third-order valence-electron chi connectivity index (χ3n) is 3.05. The molecule has 0 fully saturated rings. The van der Waals surface area contributed by atoms with Crippen LogP contribution in [0.5, 0.6) is 11.5 Å². The lowest BCUT2D eigenvalue weighted by Gasteiger charge is -2.17. The van der Waals surface area contributed by atoms with Gasteiger partial charge in [0, 0.05) is 12.1 Å². The molecule has 0 spiro atoms. The number of nitrogens with zero attached hydrogens (tertiary/aromatic N) is 1. The third-order valence-corrected chi connectivity index (χ3v) is 3.05. The summed E-state index contributed by atoms with van der Waals surface area (Å²) in [6.07, 6.45) is 0. The number of hydrogen-bond donors (Lipinski definition) is 2. The van der Waals surface area contributed by atoms with Crippen LogP contribution >= 0.6 is 0 Å². The van der Waals surface area contributed by atoms with Gasteiger partial charge in [0.1, 0.15) is 23.3 Å². The van der Waals surface area contributed by atoms with E-state index in [0.29, 0.717) is 28.8 Å². The molecule has 1 atom stereocenters. The lowest BCUT2D eigenvalue weighted by molar-refractivity contribution is -0.116. The molecule has 1 aromatic carbocycles. The standard InChI is InChI=1S/C15H19N3O4/c1-9-7-14(18-22-9)17-15(19)10(2)16-12-6-5-11(20-3)8-13(12)21-4/h5-8,10,16H,1-4H3,(H,17,18,19). The van der Waals surface area contributed by atoms with Crippen molar-refractivity contribution in [3.05, 3.63) is 30.0 Å². The summed E-state index contributed by atoms with van der Waals surface area (Å²) >= 11 is 0. The average molecular weight is 305 g/mol. The second kappa shape index (κ2) is 6.84. The monoisotopic (exact) mass is 305 g/mol. The molecule has 2 rings (SSSR count). The van der Waals surface area contributed by atoms with E-state index in [-0.39, 0.29) is 5.91 Å². The van der Waals surface area contributed by atoms with E-state index in [2.05, 4.69) is 15.8 Å². The van der Waals surface area contributed by atoms with Gasteiger partial charge in [-0.15, -0.1) is 0 Å². The zero-order chi connectivity index (χ0) is 16.1. The van der Waals surface area contributed by atoms with E-state index >= 15 is 0 Å². The van der Waals surface area contributed by atoms with E-state index < -0.39 is 6.04 Å². The van der Waals surface area contributed by atoms with E-state index in [1.165, 1.54) is 0 Å². The minimum absolute atomic E-state index is 0.230. The second-order valence-electron chi connectivity index (χ2n) is 4.74. The Morgan fingerprint density at radius 1 is 1.27 bits per heavy atom. The topological polar surface area (TPSA) is 85.6 Å². The Kier molecular flexibility index (Phi) is 4.88. The number of rotatable bonds is 6. The number of ether oxygens (including phenoxy) is 2. The van der Waals surface area contributed by atoms with E-state index in [1.54, 1.807) is 52.3 Å². The van der Waals surface area contributed by atoms with Crippen LogP contribution in [-0.2, 0) is 4.79 Å². The average Bonchev–Trinajstić information content (AvgIpc) is 2.92. The Labute approximate surface area is 128 Å². The summed E-state index contributed by atoms with van der Waals surface area (Å²) in [6.45, 7) is 3.50. The van der Waals surface area contributed by atoms with Crippen LogP contribution in [0.15, 0.2) is 28.8 Å². The minimum atomic E-state index is -0.487. The number of carbonyl (C=O) groups excluding carboxylic acids is 1. The number of benzene rings is 1. The first-order valence-electron chi connectivity index (χ1n) is 6.76. The fraction of sp³-hybridized carbons (Fsp3) is 0.333. The van der Waals surface area contributed by atoms with Gasteiger partial charge >= 0.3 is 0 Å². The van der Waals surface area contributed by atoms with Crippen LogP contribution in [0.2, 0.25) is 0 Å². The van der Waals surface area contributed by atoms with Crippen molar-refractivity contribution in [3.63, 3.8) is 0 Å². The fourth-order valence-corrected chi connectivity index (χ4v) is 1.88. The van der Waals surface area contributed by atoms with Crippen molar-refractivity contribution in [1.82, 2.24) is 5.16 Å². The first kappa shape index (κ1) is 15.7. The maximum absolute atomic E-state index is 12.1. The summed E-state index contributed by atoms with van der Waals surface area (Å²) < 4.78 is 15.3. The molecule has 118 valence electrons. The number of aromatic nitrogens is 1. The molecule has 1 amide bonds. The highest BCUT2D eigenvalue weighted by Crippen LogP contribution is 2.29. The first-order valence-corrected chi connectivity index (χ1v) is 6.76. The molecule has 0 radical (unpaired) electrons. The van der Waals surface area contributed by atoms with Crippen LogP contribution in [0.4, 0.5) is 11.5 Å². The maximum Gasteiger partial charge on any atom is 0.247 e. The number of methoxy groups -OCH3 is 2. The van der Waals surface area contributed by atoms with Crippen LogP contribution in [-0.4, -0.2) is 31.3 Å². The molecule has 0 aliphatic carbocycles. The normalized spacial score (nSPS) is 11.6. The van der Waals surface area contributed by atoms with Crippen molar-refractivity contribution in [2.75, 3.05) is 24.9 Å². The Bertz CT molecular complexity index is 654. The van der Waals surface area contributed by atoms with Gasteiger partial charge in [-0.2, -0.15) is 0 Å². The summed E-state index contributed by atoms with van der Waals surface area (Å²) in [6, 6.07) is 6.49. The highest BCUT2D eigenvalue weighted by atomic mass is 16.5. The molecular weight excluding hydrogens is 286 g/mol. The van der Waals surface area contributed by atoms with Gasteiger partial charge in [-0.3, -0.25) is 4.79 Å². The summed E-state index contributed by atoms with van der Waals surface area (Å²) in [5.74, 6) is 2.06. The zero-order valence-electron chi connectivity index (χ0n) is 13.0. The van der Waals surface area contributed by atoms with Crippen LogP contribution in [0, 0.1) is 6.92 Å². The highest BCUT2D eigenvalue weighted by molar-refractivity contribution is 5.95. The molecule has 7 nitrogen and oxygen atoms in total. The Morgan fingerprint density at radius 3 is 2.64 bits per heavy atom. The molecule has 0 aliphatic heterocycles. The van der Waals surface area contributed by atoms with Crippen molar-refractivity contribution in [3.8, 4) is 11.5 Å². The molecule has 1 aromatic heterocycles. The summed E-state index contributed by atoms with van der Waals surface area (Å²) in [7, 11) is 3.14. The quantitative estimate of drug-likeness (QED) is 0.852. The predicted octanol–water partition coefficient (Wildman–Crippen LogP) is 2.44. The van der Waals surface area contributed by atoms with Gasteiger partial charge in [0.25, 0.3) is 0 Å². The first-order chi connectivity index (χ1) is 10.5. The number of hydrogen-bond acceptors (Lipinski definition) is 6. The van der Waals surface area contributed by atoms with E-state index in [1.807, 2.05) is 0 Å². The van der Waals surface area contributed by atoms with E-state index in [0.717, 1.165) is 0 Å². The Morgan fingerprint density at radius 2 is 2.05 bits per heavy atom. The lowest BCUT2D eigenvalue weighted by atomic mass is 10.2. The number of nitrogens with one attached hydrogen (secondary N) is 2. The number of aryl methyl sites for hydroxylation is 1. The van der Waals surface area contributed by atoms with Gasteiger partial charge in [-0.05, 0) is 26.0 Å². The van der Waals surface area contributed by atoms with Crippen molar-refractivity contribution in [2.45, 2.75) is 19.9 Å². The lowest BCUT2D eigenvalue weighted by Crippen LogP contribution is -2.32. The van der Waals surface area contributed by atoms with Gasteiger partial charge in [0.2, 0.25) is 5.91 Å². The number of carbonyl (C=O) groups is 1. The predicted molar refractivity (Wildman–Crippen MR) is 82.5 cm³/mol. The fourth-order valence-electron chi connectivity index (χ4n) is 1.88. The number of amides is 1. The van der Waals surface area contributed by atoms with Crippen LogP contribution < -0.4 is 20.1 Å². The largest absolute Gasteiger partial charge is 0.497 e. The molecule has 0 aliphatic rings. The van der Waals surface area contributed by atoms with Crippen molar-refractivity contribution < 1.29 is 18.8 Å². The van der Waals surface area contributed by atoms with E-state index in [9.17, 15) is 4.79 Å². The molecule has 22 heavy (non-hydrogen) atoms. The molecule has 7 heteroatoms. The summed E-state index contributed by atoms with van der Waals surface area (Å²) in [5, 5.41) is 9.49. The molecular formula is C15H19N3O4. The minimum Gasteiger partial charge on any atom is -0.497 e. The van der Waals surface area contributed by atoms with E-state index in [4.69, 9.17) is 14.0 Å². The third kappa shape index (κ3) is 3.69. The molecule has 1 unspecified atom stereocenters. The van der Waals surface area contributed by atoms with Crippen molar-refractivity contribution in [2.24, 2.45) is 0 Å². The number of anilines is 2. The van der Waals surface area contributed by atoms with Gasteiger partial charge in [0.15, 0.2) is 5.82 Å². The highest BCUT2D eigenvalue weighted by Gasteiger charge is 2.16. The van der Waals surface area contributed by atoms with Crippen molar-refractivity contribution in [1.29, 1.82) is 0 Å². The summed E-state index contributed by atoms with van der Waals surface area (Å²) in [4.78, 5) is 12.1. The Balaban J connectivity index is 2.04.